The minimum atomic E-state index is 0.457. The van der Waals surface area contributed by atoms with Gasteiger partial charge in [-0.25, -0.2) is 4.98 Å². The molecule has 2 N–H and O–H groups in total. The van der Waals surface area contributed by atoms with Crippen LogP contribution in [0.5, 0.6) is 0 Å². The Morgan fingerprint density at radius 2 is 2.24 bits per heavy atom. The van der Waals surface area contributed by atoms with Crippen molar-refractivity contribution >= 4 is 16.8 Å². The fraction of sp³-hybridized carbons (Fsp3) is 0.182. The van der Waals surface area contributed by atoms with E-state index in [1.807, 2.05) is 26.1 Å². The molecular weight excluding hydrogens is 218 g/mol. The topological polar surface area (TPSA) is 82.8 Å². The fourth-order valence-electron chi connectivity index (χ4n) is 1.88. The van der Waals surface area contributed by atoms with Gasteiger partial charge in [-0.15, -0.1) is 0 Å². The number of hydrogen-bond donors (Lipinski definition) is 1. The van der Waals surface area contributed by atoms with E-state index in [-0.39, 0.29) is 0 Å². The first-order valence-electron chi connectivity index (χ1n) is 5.17. The Morgan fingerprint density at radius 1 is 1.41 bits per heavy atom. The highest BCUT2D eigenvalue weighted by molar-refractivity contribution is 5.90. The van der Waals surface area contributed by atoms with Gasteiger partial charge in [-0.05, 0) is 19.1 Å². The van der Waals surface area contributed by atoms with E-state index >= 15 is 0 Å². The Balaban J connectivity index is 2.30. The molecule has 6 heteroatoms. The molecule has 0 saturated heterocycles. The van der Waals surface area contributed by atoms with E-state index < -0.39 is 0 Å². The predicted molar refractivity (Wildman–Crippen MR) is 63.2 cm³/mol. The van der Waals surface area contributed by atoms with Crippen molar-refractivity contribution in [2.75, 3.05) is 5.73 Å². The monoisotopic (exact) mass is 229 g/mol. The van der Waals surface area contributed by atoms with Crippen molar-refractivity contribution in [1.82, 2.24) is 19.9 Å². The van der Waals surface area contributed by atoms with Crippen molar-refractivity contribution < 1.29 is 4.52 Å². The number of nitrogen functional groups attached to an aromatic ring is 1. The van der Waals surface area contributed by atoms with Crippen molar-refractivity contribution in [3.63, 3.8) is 0 Å². The molecule has 0 aromatic carbocycles. The zero-order valence-electron chi connectivity index (χ0n) is 9.51. The van der Waals surface area contributed by atoms with Crippen LogP contribution in [0.15, 0.2) is 22.9 Å². The van der Waals surface area contributed by atoms with Crippen LogP contribution in [-0.4, -0.2) is 19.9 Å². The molecule has 6 nitrogen and oxygen atoms in total. The van der Waals surface area contributed by atoms with Crippen molar-refractivity contribution in [3.8, 4) is 11.4 Å². The summed E-state index contributed by atoms with van der Waals surface area (Å²) in [5.41, 5.74) is 9.42. The number of hydrogen-bond acceptors (Lipinski definition) is 5. The van der Waals surface area contributed by atoms with Crippen LogP contribution in [0.2, 0.25) is 0 Å². The molecule has 0 aliphatic carbocycles. The minimum Gasteiger partial charge on any atom is -0.398 e. The van der Waals surface area contributed by atoms with Gasteiger partial charge >= 0.3 is 0 Å². The SMILES string of the molecule is Cc1noc2nc(-c3ccnn3C)cc(N)c12. The molecule has 3 rings (SSSR count). The molecule has 3 aromatic heterocycles. The van der Waals surface area contributed by atoms with E-state index in [0.717, 1.165) is 22.5 Å². The first-order chi connectivity index (χ1) is 8.16. The third-order valence-electron chi connectivity index (χ3n) is 2.73. The van der Waals surface area contributed by atoms with Crippen LogP contribution >= 0.6 is 0 Å². The van der Waals surface area contributed by atoms with Crippen molar-refractivity contribution in [2.45, 2.75) is 6.92 Å². The molecule has 0 fully saturated rings. The van der Waals surface area contributed by atoms with Crippen LogP contribution in [0, 0.1) is 6.92 Å². The largest absolute Gasteiger partial charge is 0.398 e. The third-order valence-corrected chi connectivity index (χ3v) is 2.73. The van der Waals surface area contributed by atoms with Gasteiger partial charge in [-0.3, -0.25) is 4.68 Å². The number of nitrogens with zero attached hydrogens (tertiary/aromatic N) is 4. The lowest BCUT2D eigenvalue weighted by atomic mass is 10.2. The number of pyridine rings is 1. The number of aryl methyl sites for hydroxylation is 2. The maximum atomic E-state index is 5.99. The number of rotatable bonds is 1. The molecule has 0 saturated carbocycles. The Labute approximate surface area is 97.0 Å². The van der Waals surface area contributed by atoms with Crippen LogP contribution in [0.25, 0.3) is 22.5 Å². The van der Waals surface area contributed by atoms with Crippen LogP contribution in [-0.2, 0) is 7.05 Å². The zero-order chi connectivity index (χ0) is 12.0. The lowest BCUT2D eigenvalue weighted by molar-refractivity contribution is 0.443. The highest BCUT2D eigenvalue weighted by Crippen LogP contribution is 2.27. The zero-order valence-corrected chi connectivity index (χ0v) is 9.51. The Bertz CT molecular complexity index is 697. The summed E-state index contributed by atoms with van der Waals surface area (Å²) in [6.07, 6.45) is 1.71. The van der Waals surface area contributed by atoms with Gasteiger partial charge in [-0.2, -0.15) is 5.10 Å². The molecule has 0 unspecified atom stereocenters. The second-order valence-corrected chi connectivity index (χ2v) is 3.88. The van der Waals surface area contributed by atoms with Crippen LogP contribution < -0.4 is 5.73 Å². The number of anilines is 1. The van der Waals surface area contributed by atoms with Gasteiger partial charge in [0.2, 0.25) is 0 Å². The lowest BCUT2D eigenvalue weighted by Gasteiger charge is -2.02. The molecular formula is C11H11N5O. The maximum Gasteiger partial charge on any atom is 0.260 e. The molecule has 3 aromatic rings. The van der Waals surface area contributed by atoms with E-state index in [4.69, 9.17) is 10.3 Å². The smallest absolute Gasteiger partial charge is 0.260 e. The van der Waals surface area contributed by atoms with E-state index in [0.29, 0.717) is 11.4 Å². The summed E-state index contributed by atoms with van der Waals surface area (Å²) in [4.78, 5) is 4.39. The third kappa shape index (κ3) is 1.37. The summed E-state index contributed by atoms with van der Waals surface area (Å²) in [5, 5.41) is 8.73. The van der Waals surface area contributed by atoms with Gasteiger partial charge in [0, 0.05) is 18.9 Å². The molecule has 0 aliphatic heterocycles. The van der Waals surface area contributed by atoms with Gasteiger partial charge in [-0.1, -0.05) is 5.16 Å². The van der Waals surface area contributed by atoms with E-state index in [2.05, 4.69) is 15.2 Å². The summed E-state index contributed by atoms with van der Waals surface area (Å²) in [5.74, 6) is 0. The molecule has 17 heavy (non-hydrogen) atoms. The fourth-order valence-corrected chi connectivity index (χ4v) is 1.88. The highest BCUT2D eigenvalue weighted by atomic mass is 16.5. The molecule has 0 atom stereocenters. The van der Waals surface area contributed by atoms with E-state index in [1.54, 1.807) is 10.9 Å². The van der Waals surface area contributed by atoms with Gasteiger partial charge in [0.05, 0.1) is 22.5 Å². The Kier molecular flexibility index (Phi) is 1.91. The normalized spacial score (nSPS) is 11.2. The first kappa shape index (κ1) is 9.83. The van der Waals surface area contributed by atoms with Gasteiger partial charge in [0.25, 0.3) is 5.71 Å². The van der Waals surface area contributed by atoms with E-state index in [9.17, 15) is 0 Å². The Morgan fingerprint density at radius 3 is 2.94 bits per heavy atom. The van der Waals surface area contributed by atoms with Crippen molar-refractivity contribution in [3.05, 3.63) is 24.0 Å². The Hall–Kier alpha value is -2.37. The second kappa shape index (κ2) is 3.31. The summed E-state index contributed by atoms with van der Waals surface area (Å²) in [6.45, 7) is 1.84. The summed E-state index contributed by atoms with van der Waals surface area (Å²) in [7, 11) is 1.85. The molecule has 0 radical (unpaired) electrons. The standard InChI is InChI=1S/C11H11N5O/c1-6-10-7(12)5-8(14-11(10)17-15-6)9-3-4-13-16(9)2/h3-5H,1-2H3,(H2,12,14). The molecule has 0 aliphatic rings. The van der Waals surface area contributed by atoms with Gasteiger partial charge < -0.3 is 10.3 Å². The highest BCUT2D eigenvalue weighted by Gasteiger charge is 2.13. The van der Waals surface area contributed by atoms with Crippen LogP contribution in [0.4, 0.5) is 5.69 Å². The maximum absolute atomic E-state index is 5.99. The predicted octanol–water partition coefficient (Wildman–Crippen LogP) is 1.51. The number of nitrogens with two attached hydrogens (primary N) is 1. The molecule has 3 heterocycles. The van der Waals surface area contributed by atoms with Crippen molar-refractivity contribution in [2.24, 2.45) is 7.05 Å². The summed E-state index contributed by atoms with van der Waals surface area (Å²) in [6, 6.07) is 3.68. The summed E-state index contributed by atoms with van der Waals surface area (Å²) >= 11 is 0. The molecule has 0 spiro atoms. The number of aromatic nitrogens is 4. The average molecular weight is 229 g/mol. The van der Waals surface area contributed by atoms with E-state index in [1.165, 1.54) is 0 Å². The summed E-state index contributed by atoms with van der Waals surface area (Å²) < 4.78 is 6.87. The van der Waals surface area contributed by atoms with Gasteiger partial charge in [0.15, 0.2) is 0 Å². The molecule has 0 amide bonds. The minimum absolute atomic E-state index is 0.457. The molecule has 86 valence electrons. The average Bonchev–Trinajstić information content (AvgIpc) is 2.85. The first-order valence-corrected chi connectivity index (χ1v) is 5.17. The van der Waals surface area contributed by atoms with Crippen molar-refractivity contribution in [1.29, 1.82) is 0 Å². The number of fused-ring (bicyclic) bond motifs is 1. The quantitative estimate of drug-likeness (QED) is 0.683. The van der Waals surface area contributed by atoms with Gasteiger partial charge in [0.1, 0.15) is 0 Å². The molecule has 0 bridgehead atoms. The van der Waals surface area contributed by atoms with Crippen LogP contribution in [0.3, 0.4) is 0 Å². The lowest BCUT2D eigenvalue weighted by Crippen LogP contribution is -1.97. The second-order valence-electron chi connectivity index (χ2n) is 3.88. The van der Waals surface area contributed by atoms with Crippen LogP contribution in [0.1, 0.15) is 5.69 Å².